The number of esters is 1. The first-order valence-corrected chi connectivity index (χ1v) is 9.63. The first-order valence-electron chi connectivity index (χ1n) is 9.25. The highest BCUT2D eigenvalue weighted by atomic mass is 35.5. The number of ether oxygens (including phenoxy) is 1. The van der Waals surface area contributed by atoms with E-state index in [9.17, 15) is 9.59 Å². The number of carbonyl (C=O) groups excluding carboxylic acids is 2. The number of amides is 1. The van der Waals surface area contributed by atoms with Crippen LogP contribution in [-0.4, -0.2) is 54.0 Å². The van der Waals surface area contributed by atoms with Crippen LogP contribution in [-0.2, 0) is 16.1 Å². The lowest BCUT2D eigenvalue weighted by atomic mass is 10.2. The predicted octanol–water partition coefficient (Wildman–Crippen LogP) is 2.81. The molecule has 1 atom stereocenters. The van der Waals surface area contributed by atoms with Gasteiger partial charge in [-0.25, -0.2) is 4.79 Å². The van der Waals surface area contributed by atoms with E-state index in [1.807, 2.05) is 18.2 Å². The summed E-state index contributed by atoms with van der Waals surface area (Å²) in [6.45, 7) is 5.26. The summed E-state index contributed by atoms with van der Waals surface area (Å²) in [6, 6.07) is 14.8. The van der Waals surface area contributed by atoms with Crippen LogP contribution in [0.3, 0.4) is 0 Å². The average Bonchev–Trinajstić information content (AvgIpc) is 2.70. The van der Waals surface area contributed by atoms with E-state index in [4.69, 9.17) is 22.1 Å². The normalized spacial score (nSPS) is 15.9. The molecule has 1 heterocycles. The van der Waals surface area contributed by atoms with E-state index in [-0.39, 0.29) is 11.5 Å². The van der Waals surface area contributed by atoms with Crippen molar-refractivity contribution in [3.63, 3.8) is 0 Å². The van der Waals surface area contributed by atoms with Gasteiger partial charge < -0.3 is 15.4 Å². The van der Waals surface area contributed by atoms with Gasteiger partial charge in [0, 0.05) is 32.7 Å². The lowest BCUT2D eigenvalue weighted by molar-refractivity contribution is -0.141. The summed E-state index contributed by atoms with van der Waals surface area (Å²) in [6.07, 6.45) is -0.856. The third-order valence-corrected chi connectivity index (χ3v) is 5.14. The van der Waals surface area contributed by atoms with Gasteiger partial charge >= 0.3 is 5.97 Å². The molecule has 6 nitrogen and oxygen atoms in total. The van der Waals surface area contributed by atoms with Gasteiger partial charge in [0.15, 0.2) is 6.10 Å². The van der Waals surface area contributed by atoms with Crippen molar-refractivity contribution in [1.29, 1.82) is 0 Å². The molecule has 1 saturated heterocycles. The number of rotatable bonds is 5. The fourth-order valence-corrected chi connectivity index (χ4v) is 3.29. The molecule has 0 saturated carbocycles. The molecule has 0 radical (unpaired) electrons. The van der Waals surface area contributed by atoms with E-state index in [2.05, 4.69) is 17.0 Å². The zero-order chi connectivity index (χ0) is 20.1. The molecule has 1 fully saturated rings. The Bertz CT molecular complexity index is 836. The van der Waals surface area contributed by atoms with Crippen LogP contribution >= 0.6 is 11.6 Å². The monoisotopic (exact) mass is 401 g/mol. The first-order chi connectivity index (χ1) is 13.4. The Labute approximate surface area is 169 Å². The van der Waals surface area contributed by atoms with Crippen LogP contribution in [0.15, 0.2) is 48.5 Å². The highest BCUT2D eigenvalue weighted by Gasteiger charge is 2.27. The Hall–Kier alpha value is -2.57. The number of benzene rings is 2. The number of nitrogens with two attached hydrogens (primary N) is 1. The van der Waals surface area contributed by atoms with Crippen molar-refractivity contribution in [2.24, 2.45) is 0 Å². The van der Waals surface area contributed by atoms with Crippen LogP contribution < -0.4 is 5.73 Å². The minimum atomic E-state index is -0.856. The molecular weight excluding hydrogens is 378 g/mol. The van der Waals surface area contributed by atoms with Crippen molar-refractivity contribution in [3.05, 3.63) is 64.7 Å². The largest absolute Gasteiger partial charge is 0.449 e. The van der Waals surface area contributed by atoms with Crippen molar-refractivity contribution >= 4 is 29.2 Å². The van der Waals surface area contributed by atoms with Gasteiger partial charge in [-0.15, -0.1) is 0 Å². The van der Waals surface area contributed by atoms with Crippen molar-refractivity contribution in [3.8, 4) is 0 Å². The second kappa shape index (κ2) is 9.08. The quantitative estimate of drug-likeness (QED) is 0.615. The number of carbonyl (C=O) groups is 2. The first kappa shape index (κ1) is 20.2. The molecule has 3 rings (SSSR count). The Morgan fingerprint density at radius 3 is 2.43 bits per heavy atom. The van der Waals surface area contributed by atoms with Crippen molar-refractivity contribution < 1.29 is 14.3 Å². The summed E-state index contributed by atoms with van der Waals surface area (Å²) >= 11 is 5.86. The number of hydrogen-bond donors (Lipinski definition) is 1. The van der Waals surface area contributed by atoms with Gasteiger partial charge in [-0.05, 0) is 30.7 Å². The third kappa shape index (κ3) is 5.03. The molecule has 0 aromatic heterocycles. The summed E-state index contributed by atoms with van der Waals surface area (Å²) in [7, 11) is 0. The molecule has 7 heteroatoms. The summed E-state index contributed by atoms with van der Waals surface area (Å²) in [5.74, 6) is -0.776. The zero-order valence-corrected chi connectivity index (χ0v) is 16.6. The summed E-state index contributed by atoms with van der Waals surface area (Å²) in [5, 5.41) is 0.369. The molecule has 1 unspecified atom stereocenters. The lowest BCUT2D eigenvalue weighted by Crippen LogP contribution is -2.51. The van der Waals surface area contributed by atoms with Gasteiger partial charge in [0.1, 0.15) is 0 Å². The van der Waals surface area contributed by atoms with E-state index >= 15 is 0 Å². The number of anilines is 1. The fraction of sp³-hybridized carbons (Fsp3) is 0.333. The maximum atomic E-state index is 12.6. The SMILES string of the molecule is CC(OC(=O)c1ccc(Cl)c(N)c1)C(=O)N1CCN(Cc2ccccc2)CC1. The number of piperazine rings is 1. The second-order valence-electron chi connectivity index (χ2n) is 6.87. The van der Waals surface area contributed by atoms with Crippen LogP contribution in [0, 0.1) is 0 Å². The van der Waals surface area contributed by atoms with Crippen LogP contribution in [0.4, 0.5) is 5.69 Å². The highest BCUT2D eigenvalue weighted by molar-refractivity contribution is 6.33. The molecule has 28 heavy (non-hydrogen) atoms. The molecule has 2 N–H and O–H groups in total. The molecule has 148 valence electrons. The molecule has 1 amide bonds. The Morgan fingerprint density at radius 2 is 1.79 bits per heavy atom. The van der Waals surface area contributed by atoms with Gasteiger partial charge in [-0.1, -0.05) is 41.9 Å². The van der Waals surface area contributed by atoms with Crippen LogP contribution in [0.25, 0.3) is 0 Å². The molecule has 2 aromatic carbocycles. The van der Waals surface area contributed by atoms with Crippen LogP contribution in [0.5, 0.6) is 0 Å². The van der Waals surface area contributed by atoms with E-state index in [0.717, 1.165) is 19.6 Å². The molecule has 0 spiro atoms. The molecule has 2 aromatic rings. The average molecular weight is 402 g/mol. The van der Waals surface area contributed by atoms with Gasteiger partial charge in [-0.3, -0.25) is 9.69 Å². The van der Waals surface area contributed by atoms with Gasteiger partial charge in [0.2, 0.25) is 0 Å². The Kier molecular flexibility index (Phi) is 6.54. The minimum Gasteiger partial charge on any atom is -0.449 e. The van der Waals surface area contributed by atoms with E-state index in [1.54, 1.807) is 11.8 Å². The van der Waals surface area contributed by atoms with Crippen molar-refractivity contribution in [1.82, 2.24) is 9.80 Å². The molecule has 1 aliphatic heterocycles. The molecule has 1 aliphatic rings. The van der Waals surface area contributed by atoms with Gasteiger partial charge in [-0.2, -0.15) is 0 Å². The van der Waals surface area contributed by atoms with Crippen molar-refractivity contribution in [2.45, 2.75) is 19.6 Å². The van der Waals surface area contributed by atoms with Gasteiger partial charge in [0.25, 0.3) is 5.91 Å². The van der Waals surface area contributed by atoms with E-state index in [0.29, 0.717) is 23.8 Å². The lowest BCUT2D eigenvalue weighted by Gasteiger charge is -2.35. The molecular formula is C21H24ClN3O3. The molecule has 0 aliphatic carbocycles. The summed E-state index contributed by atoms with van der Waals surface area (Å²) in [4.78, 5) is 29.0. The number of nitrogens with zero attached hydrogens (tertiary/aromatic N) is 2. The highest BCUT2D eigenvalue weighted by Crippen LogP contribution is 2.20. The number of nitrogen functional groups attached to an aromatic ring is 1. The fourth-order valence-electron chi connectivity index (χ4n) is 3.17. The van der Waals surface area contributed by atoms with Crippen LogP contribution in [0.2, 0.25) is 5.02 Å². The number of halogens is 1. The summed E-state index contributed by atoms with van der Waals surface area (Å²) in [5.41, 5.74) is 7.54. The number of hydrogen-bond acceptors (Lipinski definition) is 5. The second-order valence-corrected chi connectivity index (χ2v) is 7.28. The standard InChI is InChI=1S/C21H24ClN3O3/c1-15(28-21(27)17-7-8-18(22)19(23)13-17)20(26)25-11-9-24(10-12-25)14-16-5-3-2-4-6-16/h2-8,13,15H,9-12,14,23H2,1H3. The van der Waals surface area contributed by atoms with Crippen molar-refractivity contribution in [2.75, 3.05) is 31.9 Å². The van der Waals surface area contributed by atoms with Gasteiger partial charge in [0.05, 0.1) is 16.3 Å². The maximum absolute atomic E-state index is 12.6. The predicted molar refractivity (Wildman–Crippen MR) is 109 cm³/mol. The van der Waals surface area contributed by atoms with E-state index in [1.165, 1.54) is 23.8 Å². The summed E-state index contributed by atoms with van der Waals surface area (Å²) < 4.78 is 5.33. The zero-order valence-electron chi connectivity index (χ0n) is 15.8. The smallest absolute Gasteiger partial charge is 0.338 e. The topological polar surface area (TPSA) is 75.9 Å². The minimum absolute atomic E-state index is 0.186. The third-order valence-electron chi connectivity index (χ3n) is 4.80. The Morgan fingerprint density at radius 1 is 1.11 bits per heavy atom. The van der Waals surface area contributed by atoms with Crippen LogP contribution in [0.1, 0.15) is 22.8 Å². The Balaban J connectivity index is 1.50. The van der Waals surface area contributed by atoms with E-state index < -0.39 is 12.1 Å². The maximum Gasteiger partial charge on any atom is 0.338 e. The molecule has 0 bridgehead atoms.